The number of methoxy groups -OCH3 is 3. The van der Waals surface area contributed by atoms with Crippen LogP contribution in [0.2, 0.25) is 0 Å². The first-order chi connectivity index (χ1) is 11.9. The number of ether oxygens (including phenoxy) is 4. The average Bonchev–Trinajstić information content (AvgIpc) is 3.00. The third-order valence-electron chi connectivity index (χ3n) is 4.39. The smallest absolute Gasteiger partial charge is 0.196 e. The van der Waals surface area contributed by atoms with Crippen molar-refractivity contribution < 1.29 is 18.9 Å². The van der Waals surface area contributed by atoms with Gasteiger partial charge in [-0.3, -0.25) is 0 Å². The predicted molar refractivity (Wildman–Crippen MR) is 100 cm³/mol. The lowest BCUT2D eigenvalue weighted by Gasteiger charge is -2.41. The number of hydrogen-bond donors (Lipinski definition) is 0. The maximum absolute atomic E-state index is 6.57. The Hall–Kier alpha value is -2.01. The summed E-state index contributed by atoms with van der Waals surface area (Å²) in [4.78, 5) is 0.428. The first-order valence-electron chi connectivity index (χ1n) is 8.14. The van der Waals surface area contributed by atoms with Gasteiger partial charge in [-0.25, -0.2) is 0 Å². The van der Waals surface area contributed by atoms with Crippen LogP contribution in [0.15, 0.2) is 41.3 Å². The van der Waals surface area contributed by atoms with Gasteiger partial charge >= 0.3 is 0 Å². The summed E-state index contributed by atoms with van der Waals surface area (Å²) in [7, 11) is 4.94. The Balaban J connectivity index is 2.27. The topological polar surface area (TPSA) is 36.9 Å². The van der Waals surface area contributed by atoms with E-state index in [-0.39, 0.29) is 5.41 Å². The molecule has 0 aliphatic carbocycles. The van der Waals surface area contributed by atoms with Crippen LogP contribution < -0.4 is 18.9 Å². The summed E-state index contributed by atoms with van der Waals surface area (Å²) in [5.74, 6) is 2.93. The summed E-state index contributed by atoms with van der Waals surface area (Å²) < 4.78 is 23.4. The lowest BCUT2D eigenvalue weighted by Crippen LogP contribution is -2.40. The number of thioether (sulfide) groups is 1. The SMILES string of the molecule is COc1cc(OC)c(C2(C(C)(C)C)Oc3ccccc3S2)c(OC)c1. The molecule has 1 unspecified atom stereocenters. The van der Waals surface area contributed by atoms with Crippen molar-refractivity contribution in [2.45, 2.75) is 30.6 Å². The third kappa shape index (κ3) is 2.80. The van der Waals surface area contributed by atoms with Gasteiger partial charge in [0.2, 0.25) is 0 Å². The fraction of sp³-hybridized carbons (Fsp3) is 0.400. The minimum absolute atomic E-state index is 0.230. The fourth-order valence-electron chi connectivity index (χ4n) is 3.06. The molecule has 3 rings (SSSR count). The zero-order valence-corrected chi connectivity index (χ0v) is 16.3. The van der Waals surface area contributed by atoms with Crippen LogP contribution in [-0.2, 0) is 4.93 Å². The van der Waals surface area contributed by atoms with E-state index in [1.54, 1.807) is 33.1 Å². The van der Waals surface area contributed by atoms with E-state index < -0.39 is 4.93 Å². The van der Waals surface area contributed by atoms with E-state index in [9.17, 15) is 0 Å². The van der Waals surface area contributed by atoms with E-state index in [2.05, 4.69) is 26.8 Å². The Bertz CT molecular complexity index is 730. The van der Waals surface area contributed by atoms with Crippen molar-refractivity contribution in [3.05, 3.63) is 42.0 Å². The second kappa shape index (κ2) is 6.37. The summed E-state index contributed by atoms with van der Waals surface area (Å²) >= 11 is 1.69. The van der Waals surface area contributed by atoms with E-state index >= 15 is 0 Å². The zero-order chi connectivity index (χ0) is 18.2. The van der Waals surface area contributed by atoms with Crippen molar-refractivity contribution in [1.82, 2.24) is 0 Å². The van der Waals surface area contributed by atoms with E-state index in [0.717, 1.165) is 16.2 Å². The molecule has 0 radical (unpaired) electrons. The second-order valence-corrected chi connectivity index (χ2v) is 8.14. The molecule has 0 saturated carbocycles. The van der Waals surface area contributed by atoms with Gasteiger partial charge in [0.15, 0.2) is 4.93 Å². The Labute approximate surface area is 153 Å². The molecule has 1 aliphatic heterocycles. The van der Waals surface area contributed by atoms with Crippen LogP contribution in [0.4, 0.5) is 0 Å². The molecule has 0 fully saturated rings. The van der Waals surface area contributed by atoms with Crippen molar-refractivity contribution in [3.8, 4) is 23.0 Å². The maximum Gasteiger partial charge on any atom is 0.196 e. The van der Waals surface area contributed by atoms with Crippen molar-refractivity contribution >= 4 is 11.8 Å². The number of benzene rings is 2. The van der Waals surface area contributed by atoms with Crippen LogP contribution in [0, 0.1) is 5.41 Å². The zero-order valence-electron chi connectivity index (χ0n) is 15.5. The predicted octanol–water partition coefficient (Wildman–Crippen LogP) is 5.10. The van der Waals surface area contributed by atoms with Crippen LogP contribution >= 0.6 is 11.8 Å². The fourth-order valence-corrected chi connectivity index (χ4v) is 4.47. The van der Waals surface area contributed by atoms with Gasteiger partial charge in [-0.2, -0.15) is 0 Å². The summed E-state index contributed by atoms with van der Waals surface area (Å²) in [6.45, 7) is 6.49. The Morgan fingerprint density at radius 3 is 2.00 bits per heavy atom. The number of fused-ring (bicyclic) bond motifs is 1. The maximum atomic E-state index is 6.57. The highest BCUT2D eigenvalue weighted by atomic mass is 32.2. The van der Waals surface area contributed by atoms with Gasteiger partial charge in [0, 0.05) is 17.5 Å². The Morgan fingerprint density at radius 2 is 1.52 bits per heavy atom. The highest BCUT2D eigenvalue weighted by Crippen LogP contribution is 2.64. The molecule has 0 spiro atoms. The molecule has 2 aromatic carbocycles. The molecule has 1 aliphatic rings. The monoisotopic (exact) mass is 360 g/mol. The van der Waals surface area contributed by atoms with Crippen LogP contribution in [0.5, 0.6) is 23.0 Å². The normalized spacial score (nSPS) is 19.1. The minimum atomic E-state index is -0.681. The lowest BCUT2D eigenvalue weighted by atomic mass is 9.82. The van der Waals surface area contributed by atoms with Crippen LogP contribution in [0.1, 0.15) is 26.3 Å². The number of rotatable bonds is 4. The second-order valence-electron chi connectivity index (χ2n) is 6.92. The van der Waals surface area contributed by atoms with Crippen LogP contribution in [0.25, 0.3) is 0 Å². The van der Waals surface area contributed by atoms with Gasteiger partial charge in [-0.1, -0.05) is 44.7 Å². The van der Waals surface area contributed by atoms with Crippen LogP contribution in [-0.4, -0.2) is 21.3 Å². The lowest BCUT2D eigenvalue weighted by molar-refractivity contribution is 0.0514. The van der Waals surface area contributed by atoms with Gasteiger partial charge in [0.1, 0.15) is 23.0 Å². The number of hydrogen-bond acceptors (Lipinski definition) is 5. The molecule has 2 aromatic rings. The molecule has 134 valence electrons. The molecule has 0 bridgehead atoms. The minimum Gasteiger partial charge on any atom is -0.496 e. The highest BCUT2D eigenvalue weighted by molar-refractivity contribution is 8.00. The number of para-hydroxylation sites is 1. The Kier molecular flexibility index (Phi) is 4.54. The third-order valence-corrected chi connectivity index (χ3v) is 6.13. The molecule has 1 atom stereocenters. The summed E-state index contributed by atoms with van der Waals surface area (Å²) in [5, 5.41) is 0. The molecule has 1 heterocycles. The summed E-state index contributed by atoms with van der Waals surface area (Å²) in [6.07, 6.45) is 0. The van der Waals surface area contributed by atoms with Crippen molar-refractivity contribution in [2.24, 2.45) is 5.41 Å². The molecule has 0 saturated heterocycles. The van der Waals surface area contributed by atoms with Crippen molar-refractivity contribution in [3.63, 3.8) is 0 Å². The van der Waals surface area contributed by atoms with Gasteiger partial charge in [-0.15, -0.1) is 0 Å². The van der Waals surface area contributed by atoms with Gasteiger partial charge < -0.3 is 18.9 Å². The molecule has 0 N–H and O–H groups in total. The van der Waals surface area contributed by atoms with E-state index in [4.69, 9.17) is 18.9 Å². The molecule has 5 heteroatoms. The summed E-state index contributed by atoms with van der Waals surface area (Å²) in [6, 6.07) is 11.8. The molecular formula is C20H24O4S. The average molecular weight is 360 g/mol. The van der Waals surface area contributed by atoms with E-state index in [1.165, 1.54) is 0 Å². The quantitative estimate of drug-likeness (QED) is 0.758. The highest BCUT2D eigenvalue weighted by Gasteiger charge is 2.54. The standard InChI is InChI=1S/C20H24O4S/c1-19(2,3)20(24-14-9-7-8-10-17(14)25-20)18-15(22-5)11-13(21-4)12-16(18)23-6/h7-12H,1-6H3. The first kappa shape index (κ1) is 17.8. The van der Waals surface area contributed by atoms with Crippen LogP contribution in [0.3, 0.4) is 0 Å². The van der Waals surface area contributed by atoms with Crippen molar-refractivity contribution in [1.29, 1.82) is 0 Å². The molecule has 0 amide bonds. The molecule has 25 heavy (non-hydrogen) atoms. The molecule has 4 nitrogen and oxygen atoms in total. The van der Waals surface area contributed by atoms with Gasteiger partial charge in [0.25, 0.3) is 0 Å². The molecule has 0 aromatic heterocycles. The van der Waals surface area contributed by atoms with E-state index in [0.29, 0.717) is 17.2 Å². The summed E-state index contributed by atoms with van der Waals surface area (Å²) in [5.41, 5.74) is 0.651. The first-order valence-corrected chi connectivity index (χ1v) is 8.95. The van der Waals surface area contributed by atoms with Gasteiger partial charge in [0.05, 0.1) is 31.8 Å². The van der Waals surface area contributed by atoms with E-state index in [1.807, 2.05) is 30.3 Å². The largest absolute Gasteiger partial charge is 0.496 e. The van der Waals surface area contributed by atoms with Gasteiger partial charge in [-0.05, 0) is 12.1 Å². The molecular weight excluding hydrogens is 336 g/mol. The Morgan fingerprint density at radius 1 is 0.920 bits per heavy atom. The van der Waals surface area contributed by atoms with Crippen molar-refractivity contribution in [2.75, 3.05) is 21.3 Å².